The Labute approximate surface area is 407 Å². The minimum absolute atomic E-state index is 0.0337. The second-order valence-corrected chi connectivity index (χ2v) is 27.3. The summed E-state index contributed by atoms with van der Waals surface area (Å²) in [6.45, 7) is 35.0. The van der Waals surface area contributed by atoms with Crippen molar-refractivity contribution in [1.82, 2.24) is 0 Å². The monoisotopic (exact) mass is 880 g/mol. The van der Waals surface area contributed by atoms with Crippen molar-refractivity contribution in [1.29, 1.82) is 0 Å². The fourth-order valence-electron chi connectivity index (χ4n) is 14.0. The van der Waals surface area contributed by atoms with Gasteiger partial charge in [-0.15, -0.1) is 0 Å². The van der Waals surface area contributed by atoms with Gasteiger partial charge in [-0.05, 0) is 210 Å². The molecule has 0 N–H and O–H groups in total. The van der Waals surface area contributed by atoms with Gasteiger partial charge in [0.2, 0.25) is 0 Å². The molecule has 66 heavy (non-hydrogen) atoms. The maximum Gasteiger partial charge on any atom is 0.252 e. The first-order valence-corrected chi connectivity index (χ1v) is 25.6. The molecule has 1 atom stereocenters. The van der Waals surface area contributed by atoms with Crippen LogP contribution in [0.3, 0.4) is 0 Å². The smallest absolute Gasteiger partial charge is 0.252 e. The average molecular weight is 880 g/mol. The molecule has 4 aliphatic carbocycles. The molecule has 0 radical (unpaired) electrons. The third-order valence-electron chi connectivity index (χ3n) is 18.7. The van der Waals surface area contributed by atoms with E-state index in [1.807, 2.05) is 0 Å². The third-order valence-corrected chi connectivity index (χ3v) is 18.7. The Bertz CT molecular complexity index is 3070. The van der Waals surface area contributed by atoms with Crippen molar-refractivity contribution in [2.75, 3.05) is 9.80 Å². The van der Waals surface area contributed by atoms with Crippen LogP contribution in [0.2, 0.25) is 0 Å². The number of benzene rings is 5. The van der Waals surface area contributed by atoms with Gasteiger partial charge in [-0.2, -0.15) is 0 Å². The number of hydrogen-bond donors (Lipinski definition) is 0. The molecule has 5 aromatic carbocycles. The molecule has 0 aromatic heterocycles. The van der Waals surface area contributed by atoms with E-state index in [0.29, 0.717) is 11.4 Å². The van der Waals surface area contributed by atoms with Crippen molar-refractivity contribution in [2.24, 2.45) is 0 Å². The summed E-state index contributed by atoms with van der Waals surface area (Å²) in [5.74, 6) is 0. The fraction of sp³-hybridized carbons (Fsp3) is 0.524. The Morgan fingerprint density at radius 2 is 0.970 bits per heavy atom. The van der Waals surface area contributed by atoms with Crippen molar-refractivity contribution in [3.63, 3.8) is 0 Å². The first-order valence-electron chi connectivity index (χ1n) is 28.1. The van der Waals surface area contributed by atoms with Crippen LogP contribution in [0.15, 0.2) is 72.7 Å². The van der Waals surface area contributed by atoms with Crippen molar-refractivity contribution < 1.29 is 6.85 Å². The van der Waals surface area contributed by atoms with E-state index < -0.39 is 6.85 Å². The van der Waals surface area contributed by atoms with Crippen LogP contribution in [0.25, 0.3) is 0 Å². The highest BCUT2D eigenvalue weighted by molar-refractivity contribution is 7.00. The molecule has 0 saturated heterocycles. The number of hydrogen-bond acceptors (Lipinski definition) is 2. The van der Waals surface area contributed by atoms with Crippen LogP contribution in [0.1, 0.15) is 219 Å². The fourth-order valence-corrected chi connectivity index (χ4v) is 14.0. The van der Waals surface area contributed by atoms with Gasteiger partial charge in [0, 0.05) is 38.2 Å². The standard InChI is InChI=1S/C63H79BN2/c1-38-32-49-54-50(33-38)66(42-35-43-51-44(36-42)59(10,11)25-29-62(51,16)28-24-58(43,8)9)55-47(37-45-52-53(55)61(14,15)27-31-63(52,17)30-26-60(45,12)13)64(54)46-34-40(57(5,6)7)20-23-48(46)65(49)41-21-18-39(19-22-41)56(2,3)4/h18-23,32-37H,24-31H2,1-17H3/i1D3,32D,33D. The molecular weight excluding hydrogens is 796 g/mol. The summed E-state index contributed by atoms with van der Waals surface area (Å²) >= 11 is 0. The maximum absolute atomic E-state index is 10.7. The summed E-state index contributed by atoms with van der Waals surface area (Å²) in [6.07, 6.45) is 8.83. The zero-order valence-corrected chi connectivity index (χ0v) is 43.4. The predicted octanol–water partition coefficient (Wildman–Crippen LogP) is 15.5. The van der Waals surface area contributed by atoms with Crippen molar-refractivity contribution in [3.05, 3.63) is 123 Å². The van der Waals surface area contributed by atoms with E-state index in [1.165, 1.54) is 50.0 Å². The van der Waals surface area contributed by atoms with Gasteiger partial charge >= 0.3 is 0 Å². The molecule has 6 aliphatic rings. The number of anilines is 6. The summed E-state index contributed by atoms with van der Waals surface area (Å²) in [7, 11) is 0. The summed E-state index contributed by atoms with van der Waals surface area (Å²) < 4.78 is 49.0. The van der Waals surface area contributed by atoms with Crippen LogP contribution in [0.5, 0.6) is 0 Å². The van der Waals surface area contributed by atoms with Gasteiger partial charge in [0.25, 0.3) is 6.71 Å². The van der Waals surface area contributed by atoms with Crippen LogP contribution in [-0.4, -0.2) is 6.71 Å². The molecule has 3 heteroatoms. The molecule has 0 saturated carbocycles. The van der Waals surface area contributed by atoms with Crippen LogP contribution in [0.4, 0.5) is 34.1 Å². The van der Waals surface area contributed by atoms with E-state index in [1.54, 1.807) is 0 Å². The van der Waals surface area contributed by atoms with Gasteiger partial charge < -0.3 is 9.80 Å². The minimum atomic E-state index is -2.74. The topological polar surface area (TPSA) is 6.48 Å². The summed E-state index contributed by atoms with van der Waals surface area (Å²) in [5.41, 5.74) is 18.5. The van der Waals surface area contributed by atoms with E-state index in [0.717, 1.165) is 85.0 Å². The van der Waals surface area contributed by atoms with Gasteiger partial charge in [-0.1, -0.05) is 141 Å². The molecule has 2 heterocycles. The molecule has 0 amide bonds. The van der Waals surface area contributed by atoms with E-state index in [9.17, 15) is 6.85 Å². The minimum Gasteiger partial charge on any atom is -0.311 e. The Kier molecular flexibility index (Phi) is 7.92. The lowest BCUT2D eigenvalue weighted by atomic mass is 9.32. The Morgan fingerprint density at radius 3 is 1.50 bits per heavy atom. The second kappa shape index (κ2) is 13.5. The zero-order chi connectivity index (χ0) is 51.5. The number of fused-ring (bicyclic) bond motifs is 5. The first kappa shape index (κ1) is 38.7. The van der Waals surface area contributed by atoms with Gasteiger partial charge in [-0.3, -0.25) is 0 Å². The molecule has 0 spiro atoms. The lowest BCUT2D eigenvalue weighted by molar-refractivity contribution is 0.242. The van der Waals surface area contributed by atoms with Crippen molar-refractivity contribution in [2.45, 2.75) is 212 Å². The van der Waals surface area contributed by atoms with Gasteiger partial charge in [0.05, 0.1) is 2.74 Å². The quantitative estimate of drug-likeness (QED) is 0.160. The van der Waals surface area contributed by atoms with Crippen LogP contribution >= 0.6 is 0 Å². The van der Waals surface area contributed by atoms with Crippen molar-refractivity contribution >= 4 is 57.2 Å². The zero-order valence-electron chi connectivity index (χ0n) is 48.4. The van der Waals surface area contributed by atoms with Gasteiger partial charge in [0.1, 0.15) is 0 Å². The molecule has 1 unspecified atom stereocenters. The molecule has 0 fully saturated rings. The van der Waals surface area contributed by atoms with Crippen LogP contribution in [0, 0.1) is 6.85 Å². The van der Waals surface area contributed by atoms with Crippen molar-refractivity contribution in [3.8, 4) is 0 Å². The molecular formula is C63H79BN2. The summed E-state index contributed by atoms with van der Waals surface area (Å²) in [4.78, 5) is 4.64. The first-order chi connectivity index (χ1) is 32.6. The normalized spacial score (nSPS) is 24.6. The highest BCUT2D eigenvalue weighted by Crippen LogP contribution is 2.62. The molecule has 5 aromatic rings. The SMILES string of the molecule is [2H]c1c2c3c(c([2H])c1C([2H])([2H])[2H])N(c1cc4c5c(c1)C(C)(C)CCC5(C)CCC4(C)C)c1c(cc4c5c1C(C)(C)CCC5(C)CCC4(C)C)B3c1cc(C(C)(C)C)ccc1N2c1ccc(C(C)(C)C)cc1. The molecule has 2 nitrogen and oxygen atoms in total. The molecule has 2 aliphatic heterocycles. The lowest BCUT2D eigenvalue weighted by Gasteiger charge is -2.55. The maximum atomic E-state index is 10.7. The second-order valence-electron chi connectivity index (χ2n) is 27.3. The lowest BCUT2D eigenvalue weighted by Crippen LogP contribution is -2.63. The highest BCUT2D eigenvalue weighted by Gasteiger charge is 2.54. The van der Waals surface area contributed by atoms with E-state index in [-0.39, 0.29) is 67.7 Å². The van der Waals surface area contributed by atoms with E-state index >= 15 is 0 Å². The number of nitrogens with zero attached hydrogens (tertiary/aromatic N) is 2. The van der Waals surface area contributed by atoms with E-state index in [2.05, 4.69) is 181 Å². The summed E-state index contributed by atoms with van der Waals surface area (Å²) in [6, 6.07) is 23.0. The average Bonchev–Trinajstić information content (AvgIpc) is 3.26. The Balaban J connectivity index is 1.38. The predicted molar refractivity (Wildman–Crippen MR) is 286 cm³/mol. The third kappa shape index (κ3) is 6.18. The van der Waals surface area contributed by atoms with E-state index in [4.69, 9.17) is 0 Å². The summed E-state index contributed by atoms with van der Waals surface area (Å²) in [5, 5.41) is 0. The highest BCUT2D eigenvalue weighted by atomic mass is 15.2. The van der Waals surface area contributed by atoms with Gasteiger partial charge in [-0.25, -0.2) is 0 Å². The number of rotatable bonds is 2. The Hall–Kier alpha value is -4.24. The van der Waals surface area contributed by atoms with Crippen LogP contribution in [-0.2, 0) is 43.3 Å². The van der Waals surface area contributed by atoms with Crippen LogP contribution < -0.4 is 26.2 Å². The Morgan fingerprint density at radius 1 is 0.485 bits per heavy atom. The molecule has 0 bridgehead atoms. The largest absolute Gasteiger partial charge is 0.311 e. The molecule has 344 valence electrons. The molecule has 11 rings (SSSR count). The van der Waals surface area contributed by atoms with Gasteiger partial charge in [0.15, 0.2) is 0 Å².